The molecule has 0 aromatic heterocycles. The topological polar surface area (TPSA) is 62.1 Å². The van der Waals surface area contributed by atoms with Crippen molar-refractivity contribution in [3.8, 4) is 17.2 Å². The number of ether oxygens (including phenoxy) is 1. The maximum Gasteiger partial charge on any atom is 0.407 e. The summed E-state index contributed by atoms with van der Waals surface area (Å²) >= 11 is 0. The minimum Gasteiger partial charge on any atom is -0.449 e. The van der Waals surface area contributed by atoms with Gasteiger partial charge < -0.3 is 10.1 Å². The number of alkyl carbamates (subject to hydrolysis) is 1. The highest BCUT2D eigenvalue weighted by atomic mass is 16.5. The third-order valence-corrected chi connectivity index (χ3v) is 6.42. The molecule has 0 atom stereocenters. The molecule has 2 aliphatic rings. The lowest BCUT2D eigenvalue weighted by atomic mass is 9.96. The predicted octanol–water partition coefficient (Wildman–Crippen LogP) is 5.79. The Morgan fingerprint density at radius 3 is 2.38 bits per heavy atom. The van der Waals surface area contributed by atoms with E-state index in [1.54, 1.807) is 0 Å². The van der Waals surface area contributed by atoms with Crippen molar-refractivity contribution >= 4 is 12.2 Å². The third-order valence-electron chi connectivity index (χ3n) is 6.42. The molecule has 0 aliphatic heterocycles. The SMILES string of the molecule is N#CC1(c2cccc(C=CCNC(=O)OCC3c4ccccc4-c4ccccc43)c2)CC1. The van der Waals surface area contributed by atoms with Crippen LogP contribution in [0.1, 0.15) is 41.0 Å². The highest BCUT2D eigenvalue weighted by Crippen LogP contribution is 2.47. The molecule has 1 N–H and O–H groups in total. The van der Waals surface area contributed by atoms with Crippen LogP contribution < -0.4 is 5.32 Å². The predicted molar refractivity (Wildman–Crippen MR) is 125 cm³/mol. The zero-order valence-corrected chi connectivity index (χ0v) is 17.8. The van der Waals surface area contributed by atoms with E-state index in [0.717, 1.165) is 24.0 Å². The maximum absolute atomic E-state index is 12.3. The van der Waals surface area contributed by atoms with Gasteiger partial charge in [0.1, 0.15) is 6.61 Å². The molecule has 32 heavy (non-hydrogen) atoms. The first kappa shape index (κ1) is 20.1. The van der Waals surface area contributed by atoms with E-state index < -0.39 is 6.09 Å². The van der Waals surface area contributed by atoms with Crippen LogP contribution in [0.5, 0.6) is 0 Å². The number of hydrogen-bond acceptors (Lipinski definition) is 3. The summed E-state index contributed by atoms with van der Waals surface area (Å²) in [5.74, 6) is 0.0568. The molecule has 3 aromatic carbocycles. The van der Waals surface area contributed by atoms with Gasteiger partial charge in [-0.25, -0.2) is 4.79 Å². The lowest BCUT2D eigenvalue weighted by Crippen LogP contribution is -2.26. The van der Waals surface area contributed by atoms with Gasteiger partial charge in [0.05, 0.1) is 11.5 Å². The maximum atomic E-state index is 12.3. The number of hydrogen-bond donors (Lipinski definition) is 1. The number of amides is 1. The Morgan fingerprint density at radius 1 is 1.03 bits per heavy atom. The Balaban J connectivity index is 1.16. The van der Waals surface area contributed by atoms with Gasteiger partial charge in [0.2, 0.25) is 0 Å². The van der Waals surface area contributed by atoms with E-state index in [-0.39, 0.29) is 11.3 Å². The van der Waals surface area contributed by atoms with Crippen molar-refractivity contribution in [2.75, 3.05) is 13.2 Å². The molecule has 4 heteroatoms. The summed E-state index contributed by atoms with van der Waals surface area (Å²) in [6, 6.07) is 27.1. The summed E-state index contributed by atoms with van der Waals surface area (Å²) in [4.78, 5) is 12.3. The van der Waals surface area contributed by atoms with Crippen LogP contribution >= 0.6 is 0 Å². The number of fused-ring (bicyclic) bond motifs is 3. The van der Waals surface area contributed by atoms with Crippen LogP contribution in [-0.2, 0) is 10.2 Å². The summed E-state index contributed by atoms with van der Waals surface area (Å²) < 4.78 is 5.56. The van der Waals surface area contributed by atoms with Gasteiger partial charge in [-0.05, 0) is 46.2 Å². The molecule has 1 amide bonds. The summed E-state index contributed by atoms with van der Waals surface area (Å²) in [5, 5.41) is 12.2. The number of nitrogens with one attached hydrogen (secondary N) is 1. The van der Waals surface area contributed by atoms with Crippen molar-refractivity contribution in [1.82, 2.24) is 5.32 Å². The van der Waals surface area contributed by atoms with Gasteiger partial charge in [0.15, 0.2) is 0 Å². The van der Waals surface area contributed by atoms with Crippen molar-refractivity contribution in [1.29, 1.82) is 5.26 Å². The summed E-state index contributed by atoms with van der Waals surface area (Å²) in [6.45, 7) is 0.687. The van der Waals surface area contributed by atoms with Crippen molar-refractivity contribution in [3.63, 3.8) is 0 Å². The van der Waals surface area contributed by atoms with Crippen molar-refractivity contribution in [2.24, 2.45) is 0 Å². The van der Waals surface area contributed by atoms with E-state index in [9.17, 15) is 10.1 Å². The molecule has 1 fully saturated rings. The second-order valence-corrected chi connectivity index (χ2v) is 8.43. The molecule has 0 heterocycles. The van der Waals surface area contributed by atoms with E-state index in [1.807, 2.05) is 54.6 Å². The van der Waals surface area contributed by atoms with Crippen molar-refractivity contribution in [3.05, 3.63) is 101 Å². The monoisotopic (exact) mass is 420 g/mol. The molecule has 0 bridgehead atoms. The Labute approximate surface area is 188 Å². The first-order chi connectivity index (χ1) is 15.7. The fourth-order valence-corrected chi connectivity index (χ4v) is 4.52. The molecule has 158 valence electrons. The van der Waals surface area contributed by atoms with Crippen LogP contribution in [0.2, 0.25) is 0 Å². The van der Waals surface area contributed by atoms with Crippen LogP contribution in [0.25, 0.3) is 17.2 Å². The number of carbonyl (C=O) groups excluding carboxylic acids is 1. The van der Waals surface area contributed by atoms with Crippen LogP contribution in [0.4, 0.5) is 4.79 Å². The van der Waals surface area contributed by atoms with E-state index >= 15 is 0 Å². The van der Waals surface area contributed by atoms with Crippen LogP contribution in [0, 0.1) is 11.3 Å². The van der Waals surface area contributed by atoms with Crippen LogP contribution in [-0.4, -0.2) is 19.2 Å². The molecule has 2 aliphatic carbocycles. The summed E-state index contributed by atoms with van der Waals surface area (Å²) in [5.41, 5.74) is 6.64. The first-order valence-electron chi connectivity index (χ1n) is 11.0. The third kappa shape index (κ3) is 3.78. The smallest absolute Gasteiger partial charge is 0.407 e. The first-order valence-corrected chi connectivity index (χ1v) is 11.0. The van der Waals surface area contributed by atoms with E-state index in [1.165, 1.54) is 22.3 Å². The standard InChI is InChI=1S/C28H24N2O2/c29-19-28(14-15-28)21-9-5-7-20(17-21)8-6-16-30-27(31)32-18-26-24-12-3-1-10-22(24)23-11-2-4-13-25(23)26/h1-13,17,26H,14-16,18H2,(H,30,31). The van der Waals surface area contributed by atoms with E-state index in [4.69, 9.17) is 4.74 Å². The minimum absolute atomic E-state index is 0.0568. The quantitative estimate of drug-likeness (QED) is 0.549. The van der Waals surface area contributed by atoms with Gasteiger partial charge >= 0.3 is 6.09 Å². The lowest BCUT2D eigenvalue weighted by Gasteiger charge is -2.14. The van der Waals surface area contributed by atoms with Gasteiger partial charge in [-0.15, -0.1) is 0 Å². The molecular formula is C28H24N2O2. The lowest BCUT2D eigenvalue weighted by molar-refractivity contribution is 0.144. The largest absolute Gasteiger partial charge is 0.449 e. The molecule has 0 saturated heterocycles. The minimum atomic E-state index is -0.424. The number of carbonyl (C=O) groups is 1. The van der Waals surface area contributed by atoms with E-state index in [2.05, 4.69) is 41.7 Å². The molecule has 5 rings (SSSR count). The van der Waals surface area contributed by atoms with Crippen LogP contribution in [0.15, 0.2) is 78.9 Å². The molecule has 4 nitrogen and oxygen atoms in total. The number of rotatable bonds is 6. The molecule has 0 unspecified atom stereocenters. The van der Waals surface area contributed by atoms with Gasteiger partial charge in [-0.3, -0.25) is 0 Å². The number of nitrogens with zero attached hydrogens (tertiary/aromatic N) is 1. The number of benzene rings is 3. The average molecular weight is 421 g/mol. The van der Waals surface area contributed by atoms with Gasteiger partial charge in [0, 0.05) is 12.5 Å². The van der Waals surface area contributed by atoms with Crippen molar-refractivity contribution in [2.45, 2.75) is 24.2 Å². The fraction of sp³-hybridized carbons (Fsp3) is 0.214. The molecule has 1 saturated carbocycles. The molecule has 0 spiro atoms. The zero-order valence-electron chi connectivity index (χ0n) is 17.8. The molecule has 0 radical (unpaired) electrons. The Morgan fingerprint density at radius 2 is 1.72 bits per heavy atom. The zero-order chi connectivity index (χ0) is 22.0. The van der Waals surface area contributed by atoms with E-state index in [0.29, 0.717) is 13.2 Å². The Kier molecular flexibility index (Phi) is 5.25. The normalized spacial score (nSPS) is 15.6. The van der Waals surface area contributed by atoms with Gasteiger partial charge in [-0.1, -0.05) is 84.9 Å². The fourth-order valence-electron chi connectivity index (χ4n) is 4.52. The average Bonchev–Trinajstić information content (AvgIpc) is 3.58. The number of nitriles is 1. The molecular weight excluding hydrogens is 396 g/mol. The van der Waals surface area contributed by atoms with Crippen molar-refractivity contribution < 1.29 is 9.53 Å². The van der Waals surface area contributed by atoms with Crippen LogP contribution in [0.3, 0.4) is 0 Å². The summed E-state index contributed by atoms with van der Waals surface area (Å²) in [6.07, 6.45) is 5.29. The summed E-state index contributed by atoms with van der Waals surface area (Å²) in [7, 11) is 0. The Bertz CT molecular complexity index is 1190. The highest BCUT2D eigenvalue weighted by molar-refractivity contribution is 5.79. The highest BCUT2D eigenvalue weighted by Gasteiger charge is 2.44. The van der Waals surface area contributed by atoms with Gasteiger partial charge in [-0.2, -0.15) is 5.26 Å². The second kappa shape index (κ2) is 8.36. The Hall–Kier alpha value is -3.84. The van der Waals surface area contributed by atoms with Gasteiger partial charge in [0.25, 0.3) is 0 Å². The second-order valence-electron chi connectivity index (χ2n) is 8.43. The molecule has 3 aromatic rings.